The van der Waals surface area contributed by atoms with Crippen LogP contribution in [0.25, 0.3) is 6.08 Å². The SMILES string of the molecule is C=C(C=CC(=CC)OC)C(=C)C(C#CC)=Cc1cccnc1. The second-order valence-electron chi connectivity index (χ2n) is 4.45. The lowest BCUT2D eigenvalue weighted by atomic mass is 9.98. The van der Waals surface area contributed by atoms with E-state index in [9.17, 15) is 0 Å². The van der Waals surface area contributed by atoms with Gasteiger partial charge in [-0.15, -0.1) is 5.92 Å². The van der Waals surface area contributed by atoms with Crippen LogP contribution in [0.1, 0.15) is 19.4 Å². The summed E-state index contributed by atoms with van der Waals surface area (Å²) in [4.78, 5) is 4.10. The Morgan fingerprint density at radius 3 is 2.64 bits per heavy atom. The topological polar surface area (TPSA) is 22.1 Å². The second-order valence-corrected chi connectivity index (χ2v) is 4.45. The number of hydrogen-bond acceptors (Lipinski definition) is 2. The van der Waals surface area contributed by atoms with E-state index in [2.05, 4.69) is 30.0 Å². The molecule has 1 aromatic rings. The minimum absolute atomic E-state index is 0.772. The predicted octanol–water partition coefficient (Wildman–Crippen LogP) is 4.71. The highest BCUT2D eigenvalue weighted by Crippen LogP contribution is 2.20. The molecule has 0 bridgehead atoms. The quantitative estimate of drug-likeness (QED) is 0.430. The minimum atomic E-state index is 0.772. The number of aromatic nitrogens is 1. The number of rotatable bonds is 6. The highest BCUT2D eigenvalue weighted by Gasteiger charge is 2.03. The highest BCUT2D eigenvalue weighted by molar-refractivity contribution is 5.69. The van der Waals surface area contributed by atoms with Crippen molar-refractivity contribution in [3.63, 3.8) is 0 Å². The van der Waals surface area contributed by atoms with Crippen molar-refractivity contribution >= 4 is 6.08 Å². The summed E-state index contributed by atoms with van der Waals surface area (Å²) in [6, 6.07) is 3.86. The fraction of sp³-hybridized carbons (Fsp3) is 0.150. The van der Waals surface area contributed by atoms with Gasteiger partial charge in [0.05, 0.1) is 7.11 Å². The lowest BCUT2D eigenvalue weighted by Gasteiger charge is -2.06. The number of nitrogens with zero attached hydrogens (tertiary/aromatic N) is 1. The maximum atomic E-state index is 5.19. The van der Waals surface area contributed by atoms with Crippen LogP contribution in [-0.2, 0) is 4.74 Å². The third kappa shape index (κ3) is 5.30. The van der Waals surface area contributed by atoms with Crippen LogP contribution in [0.15, 0.2) is 78.4 Å². The molecule has 1 heterocycles. The molecular weight excluding hydrogens is 270 g/mol. The monoisotopic (exact) mass is 291 g/mol. The summed E-state index contributed by atoms with van der Waals surface area (Å²) in [7, 11) is 1.63. The summed E-state index contributed by atoms with van der Waals surface area (Å²) in [6.07, 6.45) is 11.1. The van der Waals surface area contributed by atoms with Gasteiger partial charge in [-0.2, -0.15) is 0 Å². The molecule has 0 radical (unpaired) electrons. The van der Waals surface area contributed by atoms with Crippen LogP contribution in [-0.4, -0.2) is 12.1 Å². The zero-order valence-electron chi connectivity index (χ0n) is 13.4. The molecule has 0 fully saturated rings. The third-order valence-electron chi connectivity index (χ3n) is 2.94. The Morgan fingerprint density at radius 1 is 1.32 bits per heavy atom. The Labute approximate surface area is 133 Å². The van der Waals surface area contributed by atoms with Crippen molar-refractivity contribution in [2.24, 2.45) is 0 Å². The van der Waals surface area contributed by atoms with Gasteiger partial charge in [0.2, 0.25) is 0 Å². The molecule has 2 nitrogen and oxygen atoms in total. The zero-order valence-corrected chi connectivity index (χ0v) is 13.4. The Morgan fingerprint density at radius 2 is 2.09 bits per heavy atom. The average molecular weight is 291 g/mol. The van der Waals surface area contributed by atoms with Crippen molar-refractivity contribution in [3.05, 3.63) is 84.0 Å². The van der Waals surface area contributed by atoms with Gasteiger partial charge in [0.1, 0.15) is 5.76 Å². The van der Waals surface area contributed by atoms with Crippen LogP contribution in [0, 0.1) is 11.8 Å². The number of allylic oxidation sites excluding steroid dienone is 6. The molecule has 1 aromatic heterocycles. The van der Waals surface area contributed by atoms with Gasteiger partial charge in [-0.3, -0.25) is 4.98 Å². The molecule has 0 aliphatic carbocycles. The largest absolute Gasteiger partial charge is 0.497 e. The first-order chi connectivity index (χ1) is 10.6. The molecule has 0 saturated carbocycles. The van der Waals surface area contributed by atoms with Crippen LogP contribution in [0.4, 0.5) is 0 Å². The van der Waals surface area contributed by atoms with Crippen molar-refractivity contribution < 1.29 is 4.74 Å². The Balaban J connectivity index is 3.02. The van der Waals surface area contributed by atoms with Crippen LogP contribution >= 0.6 is 0 Å². The Bertz CT molecular complexity index is 679. The fourth-order valence-corrected chi connectivity index (χ4v) is 1.70. The van der Waals surface area contributed by atoms with E-state index in [4.69, 9.17) is 4.74 Å². The van der Waals surface area contributed by atoms with Crippen LogP contribution in [0.2, 0.25) is 0 Å². The lowest BCUT2D eigenvalue weighted by Crippen LogP contribution is -1.90. The van der Waals surface area contributed by atoms with Crippen molar-refractivity contribution in [3.8, 4) is 11.8 Å². The first-order valence-corrected chi connectivity index (χ1v) is 6.93. The third-order valence-corrected chi connectivity index (χ3v) is 2.94. The Kier molecular flexibility index (Phi) is 7.22. The molecule has 0 amide bonds. The van der Waals surface area contributed by atoms with Crippen LogP contribution in [0.3, 0.4) is 0 Å². The summed E-state index contributed by atoms with van der Waals surface area (Å²) in [5.74, 6) is 6.75. The first kappa shape index (κ1) is 17.3. The molecular formula is C20H21NO. The van der Waals surface area contributed by atoms with Gasteiger partial charge < -0.3 is 4.74 Å². The normalized spacial score (nSPS) is 11.8. The smallest absolute Gasteiger partial charge is 0.114 e. The predicted molar refractivity (Wildman–Crippen MR) is 93.9 cm³/mol. The Hall–Kier alpha value is -2.79. The van der Waals surface area contributed by atoms with Gasteiger partial charge >= 0.3 is 0 Å². The molecule has 0 unspecified atom stereocenters. The van der Waals surface area contributed by atoms with E-state index in [0.29, 0.717) is 0 Å². The molecule has 1 rings (SSSR count). The number of ether oxygens (including phenoxy) is 1. The van der Waals surface area contributed by atoms with Crippen molar-refractivity contribution in [1.82, 2.24) is 4.98 Å². The molecule has 0 aromatic carbocycles. The van der Waals surface area contributed by atoms with Gasteiger partial charge in [-0.25, -0.2) is 0 Å². The van der Waals surface area contributed by atoms with E-state index in [-0.39, 0.29) is 0 Å². The van der Waals surface area contributed by atoms with Crippen molar-refractivity contribution in [2.45, 2.75) is 13.8 Å². The number of methoxy groups -OCH3 is 1. The molecule has 22 heavy (non-hydrogen) atoms. The van der Waals surface area contributed by atoms with Gasteiger partial charge in [0.15, 0.2) is 0 Å². The minimum Gasteiger partial charge on any atom is -0.497 e. The van der Waals surface area contributed by atoms with Gasteiger partial charge in [-0.05, 0) is 54.9 Å². The molecule has 112 valence electrons. The first-order valence-electron chi connectivity index (χ1n) is 6.93. The van der Waals surface area contributed by atoms with Crippen molar-refractivity contribution in [1.29, 1.82) is 0 Å². The van der Waals surface area contributed by atoms with E-state index in [1.165, 1.54) is 0 Å². The molecule has 0 aliphatic rings. The zero-order chi connectivity index (χ0) is 16.4. The van der Waals surface area contributed by atoms with E-state index >= 15 is 0 Å². The second kappa shape index (κ2) is 9.20. The lowest BCUT2D eigenvalue weighted by molar-refractivity contribution is 0.306. The molecule has 0 aliphatic heterocycles. The van der Waals surface area contributed by atoms with E-state index < -0.39 is 0 Å². The molecule has 2 heteroatoms. The number of pyridine rings is 1. The van der Waals surface area contributed by atoms with Gasteiger partial charge in [-0.1, -0.05) is 31.2 Å². The maximum Gasteiger partial charge on any atom is 0.114 e. The summed E-state index contributed by atoms with van der Waals surface area (Å²) < 4.78 is 5.19. The molecule has 0 spiro atoms. The van der Waals surface area contributed by atoms with E-state index in [0.717, 1.165) is 28.0 Å². The standard InChI is InChI=1S/C20H21NO/c1-6-9-19(14-18-10-8-13-21-15-18)17(4)16(3)11-12-20(7-2)22-5/h7-8,10-15H,3-4H2,1-2,5H3. The highest BCUT2D eigenvalue weighted by atomic mass is 16.5. The molecule has 0 saturated heterocycles. The fourth-order valence-electron chi connectivity index (χ4n) is 1.70. The summed E-state index contributed by atoms with van der Waals surface area (Å²) in [5, 5.41) is 0. The summed E-state index contributed by atoms with van der Waals surface area (Å²) >= 11 is 0. The number of hydrogen-bond donors (Lipinski definition) is 0. The molecule has 0 N–H and O–H groups in total. The maximum absolute atomic E-state index is 5.19. The van der Waals surface area contributed by atoms with Gasteiger partial charge in [0.25, 0.3) is 0 Å². The van der Waals surface area contributed by atoms with Gasteiger partial charge in [0, 0.05) is 18.0 Å². The van der Waals surface area contributed by atoms with E-state index in [1.54, 1.807) is 26.4 Å². The van der Waals surface area contributed by atoms with Crippen molar-refractivity contribution in [2.75, 3.05) is 7.11 Å². The summed E-state index contributed by atoms with van der Waals surface area (Å²) in [6.45, 7) is 11.9. The van der Waals surface area contributed by atoms with E-state index in [1.807, 2.05) is 43.4 Å². The van der Waals surface area contributed by atoms with Crippen LogP contribution in [0.5, 0.6) is 0 Å². The molecule has 0 atom stereocenters. The average Bonchev–Trinajstić information content (AvgIpc) is 2.55. The van der Waals surface area contributed by atoms with Crippen LogP contribution < -0.4 is 0 Å². The summed E-state index contributed by atoms with van der Waals surface area (Å²) in [5.41, 5.74) is 3.36.